The summed E-state index contributed by atoms with van der Waals surface area (Å²) in [6.45, 7) is 1.41. The quantitative estimate of drug-likeness (QED) is 0.717. The Morgan fingerprint density at radius 3 is 2.73 bits per heavy atom. The van der Waals surface area contributed by atoms with Gasteiger partial charge in [0.2, 0.25) is 15.9 Å². The summed E-state index contributed by atoms with van der Waals surface area (Å²) in [6.07, 6.45) is 6.13. The van der Waals surface area contributed by atoms with Gasteiger partial charge < -0.3 is 9.26 Å². The summed E-state index contributed by atoms with van der Waals surface area (Å²) in [5.41, 5.74) is -0.306. The summed E-state index contributed by atoms with van der Waals surface area (Å²) in [5.74, 6) is 1.84. The lowest BCUT2D eigenvalue weighted by atomic mass is 9.78. The topological polar surface area (TPSA) is 85.5 Å². The van der Waals surface area contributed by atoms with E-state index in [1.54, 1.807) is 0 Å². The van der Waals surface area contributed by atoms with Gasteiger partial charge in [-0.2, -0.15) is 9.29 Å². The van der Waals surface area contributed by atoms with E-state index in [0.717, 1.165) is 49.9 Å². The largest absolute Gasteiger partial charge is 0.375 e. The maximum Gasteiger partial charge on any atom is 0.243 e. The van der Waals surface area contributed by atoms with E-state index >= 15 is 0 Å². The predicted molar refractivity (Wildman–Crippen MR) is 106 cm³/mol. The van der Waals surface area contributed by atoms with Crippen molar-refractivity contribution >= 4 is 10.0 Å². The van der Waals surface area contributed by atoms with Gasteiger partial charge in [-0.25, -0.2) is 12.8 Å². The van der Waals surface area contributed by atoms with Crippen LogP contribution in [0.1, 0.15) is 56.2 Å². The van der Waals surface area contributed by atoms with Gasteiger partial charge in [0.05, 0.1) is 10.5 Å². The van der Waals surface area contributed by atoms with Crippen LogP contribution in [0.15, 0.2) is 33.7 Å². The second-order valence-corrected chi connectivity index (χ2v) is 10.7. The van der Waals surface area contributed by atoms with Gasteiger partial charge in [0.1, 0.15) is 5.82 Å². The number of aromatic nitrogens is 2. The monoisotopic (exact) mass is 435 g/mol. The lowest BCUT2D eigenvalue weighted by Crippen LogP contribution is -2.50. The van der Waals surface area contributed by atoms with E-state index in [4.69, 9.17) is 9.26 Å². The number of benzene rings is 1. The van der Waals surface area contributed by atoms with Crippen molar-refractivity contribution in [1.82, 2.24) is 14.4 Å². The Labute approximate surface area is 175 Å². The van der Waals surface area contributed by atoms with E-state index in [1.807, 2.05) is 0 Å². The van der Waals surface area contributed by atoms with E-state index in [0.29, 0.717) is 44.4 Å². The van der Waals surface area contributed by atoms with E-state index in [2.05, 4.69) is 10.1 Å². The third-order valence-corrected chi connectivity index (χ3v) is 8.44. The number of hydrogen-bond acceptors (Lipinski definition) is 6. The van der Waals surface area contributed by atoms with Gasteiger partial charge >= 0.3 is 0 Å². The van der Waals surface area contributed by atoms with E-state index in [1.165, 1.54) is 22.5 Å². The maximum atomic E-state index is 13.5. The minimum Gasteiger partial charge on any atom is -0.375 e. The van der Waals surface area contributed by atoms with Crippen LogP contribution in [-0.4, -0.2) is 48.2 Å². The van der Waals surface area contributed by atoms with Crippen LogP contribution in [0.4, 0.5) is 4.39 Å². The molecule has 1 saturated carbocycles. The van der Waals surface area contributed by atoms with Gasteiger partial charge in [-0.15, -0.1) is 0 Å². The molecule has 0 bridgehead atoms. The van der Waals surface area contributed by atoms with Crippen LogP contribution in [0.5, 0.6) is 0 Å². The molecule has 1 unspecified atom stereocenters. The summed E-state index contributed by atoms with van der Waals surface area (Å²) in [5, 5.41) is 4.15. The summed E-state index contributed by atoms with van der Waals surface area (Å²) in [6, 6.07) is 5.19. The molecule has 2 saturated heterocycles. The van der Waals surface area contributed by atoms with E-state index in [9.17, 15) is 12.8 Å². The highest BCUT2D eigenvalue weighted by molar-refractivity contribution is 7.89. The van der Waals surface area contributed by atoms with Crippen molar-refractivity contribution in [1.29, 1.82) is 0 Å². The molecule has 0 N–H and O–H groups in total. The molecule has 9 heteroatoms. The zero-order chi connectivity index (χ0) is 20.8. The van der Waals surface area contributed by atoms with Crippen LogP contribution in [0.2, 0.25) is 0 Å². The third kappa shape index (κ3) is 4.02. The van der Waals surface area contributed by atoms with E-state index in [-0.39, 0.29) is 10.5 Å². The standard InChI is InChI=1S/C21H26FN3O4S/c22-17-2-1-3-18(13-17)30(26,27)25-9-7-21(8-10-25)14-15(6-11-28-21)12-19-23-20(29-24-19)16-4-5-16/h1-3,13,15-16H,4-12,14H2. The van der Waals surface area contributed by atoms with Crippen LogP contribution in [0.3, 0.4) is 0 Å². The summed E-state index contributed by atoms with van der Waals surface area (Å²) >= 11 is 0. The van der Waals surface area contributed by atoms with Crippen molar-refractivity contribution in [2.45, 2.75) is 61.4 Å². The van der Waals surface area contributed by atoms with Gasteiger partial charge in [-0.05, 0) is 62.6 Å². The minimum atomic E-state index is -3.70. The summed E-state index contributed by atoms with van der Waals surface area (Å²) in [7, 11) is -3.70. The second-order valence-electron chi connectivity index (χ2n) is 8.78. The van der Waals surface area contributed by atoms with Crippen molar-refractivity contribution in [3.05, 3.63) is 41.8 Å². The first-order valence-corrected chi connectivity index (χ1v) is 12.1. The molecule has 3 fully saturated rings. The van der Waals surface area contributed by atoms with Crippen LogP contribution in [-0.2, 0) is 21.2 Å². The fraction of sp³-hybridized carbons (Fsp3) is 0.619. The van der Waals surface area contributed by atoms with E-state index < -0.39 is 15.8 Å². The molecule has 3 heterocycles. The zero-order valence-corrected chi connectivity index (χ0v) is 17.6. The first kappa shape index (κ1) is 20.1. The Morgan fingerprint density at radius 1 is 1.20 bits per heavy atom. The predicted octanol–water partition coefficient (Wildman–Crippen LogP) is 3.28. The number of halogens is 1. The zero-order valence-electron chi connectivity index (χ0n) is 16.8. The van der Waals surface area contributed by atoms with Gasteiger partial charge in [0, 0.05) is 32.0 Å². The highest BCUT2D eigenvalue weighted by Gasteiger charge is 2.43. The fourth-order valence-electron chi connectivity index (χ4n) is 4.67. The lowest BCUT2D eigenvalue weighted by Gasteiger charge is -2.45. The lowest BCUT2D eigenvalue weighted by molar-refractivity contribution is -0.120. The van der Waals surface area contributed by atoms with Gasteiger partial charge in [-0.1, -0.05) is 11.2 Å². The first-order chi connectivity index (χ1) is 14.4. The highest BCUT2D eigenvalue weighted by atomic mass is 32.2. The Kier molecular flexibility index (Phi) is 5.15. The minimum absolute atomic E-state index is 0.00413. The average Bonchev–Trinajstić information content (AvgIpc) is 3.48. The van der Waals surface area contributed by atoms with Crippen molar-refractivity contribution in [2.75, 3.05) is 19.7 Å². The number of nitrogens with zero attached hydrogens (tertiary/aromatic N) is 3. The molecule has 1 spiro atoms. The molecule has 2 aromatic rings. The summed E-state index contributed by atoms with van der Waals surface area (Å²) < 4.78 is 52.2. The Hall–Kier alpha value is -1.84. The van der Waals surface area contributed by atoms with Crippen molar-refractivity contribution in [3.63, 3.8) is 0 Å². The normalized spacial score (nSPS) is 24.9. The van der Waals surface area contributed by atoms with Crippen LogP contribution >= 0.6 is 0 Å². The van der Waals surface area contributed by atoms with Crippen LogP contribution in [0.25, 0.3) is 0 Å². The Bertz CT molecular complexity index is 1010. The first-order valence-electron chi connectivity index (χ1n) is 10.7. The van der Waals surface area contributed by atoms with Crippen molar-refractivity contribution in [2.24, 2.45) is 5.92 Å². The molecule has 5 rings (SSSR count). The second kappa shape index (κ2) is 7.69. The fourth-order valence-corrected chi connectivity index (χ4v) is 6.14. The number of ether oxygens (including phenoxy) is 1. The SMILES string of the molecule is O=S(=O)(c1cccc(F)c1)N1CCC2(CC1)CC(Cc1noc(C3CC3)n1)CCO2. The molecule has 1 atom stereocenters. The molecular formula is C21H26FN3O4S. The molecule has 1 aromatic carbocycles. The Balaban J connectivity index is 1.22. The highest BCUT2D eigenvalue weighted by Crippen LogP contribution is 2.41. The van der Waals surface area contributed by atoms with Crippen molar-refractivity contribution < 1.29 is 22.1 Å². The number of piperidine rings is 1. The average molecular weight is 436 g/mol. The van der Waals surface area contributed by atoms with Crippen molar-refractivity contribution in [3.8, 4) is 0 Å². The summed E-state index contributed by atoms with van der Waals surface area (Å²) in [4.78, 5) is 4.55. The molecule has 0 radical (unpaired) electrons. The number of hydrogen-bond donors (Lipinski definition) is 0. The molecule has 3 aliphatic rings. The van der Waals surface area contributed by atoms with Gasteiger partial charge in [0.15, 0.2) is 5.82 Å². The van der Waals surface area contributed by atoms with Crippen LogP contribution in [0, 0.1) is 11.7 Å². The van der Waals surface area contributed by atoms with Gasteiger partial charge in [0.25, 0.3) is 0 Å². The number of rotatable bonds is 5. The number of sulfonamides is 1. The molecule has 2 aliphatic heterocycles. The smallest absolute Gasteiger partial charge is 0.243 e. The van der Waals surface area contributed by atoms with Crippen LogP contribution < -0.4 is 0 Å². The molecule has 30 heavy (non-hydrogen) atoms. The molecule has 0 amide bonds. The molecule has 162 valence electrons. The molecule has 1 aliphatic carbocycles. The molecule has 7 nitrogen and oxygen atoms in total. The third-order valence-electron chi connectivity index (χ3n) is 6.54. The Morgan fingerprint density at radius 2 is 2.00 bits per heavy atom. The molecular weight excluding hydrogens is 409 g/mol. The molecule has 1 aromatic heterocycles. The maximum absolute atomic E-state index is 13.5. The van der Waals surface area contributed by atoms with Gasteiger partial charge in [-0.3, -0.25) is 0 Å².